The van der Waals surface area contributed by atoms with Gasteiger partial charge in [0.05, 0.1) is 0 Å². The lowest BCUT2D eigenvalue weighted by molar-refractivity contribution is 0.104. The van der Waals surface area contributed by atoms with E-state index >= 15 is 0 Å². The molecule has 0 unspecified atom stereocenters. The first kappa shape index (κ1) is 14.3. The van der Waals surface area contributed by atoms with Crippen LogP contribution in [0.4, 0.5) is 4.39 Å². The minimum Gasteiger partial charge on any atom is -0.461 e. The van der Waals surface area contributed by atoms with Gasteiger partial charge in [0.25, 0.3) is 0 Å². The minimum atomic E-state index is -0.444. The molecule has 1 aromatic carbocycles. The molecule has 0 amide bonds. The van der Waals surface area contributed by atoms with Crippen molar-refractivity contribution in [3.8, 4) is 6.07 Å². The highest BCUT2D eigenvalue weighted by molar-refractivity contribution is 6.13. The Bertz CT molecular complexity index is 780. The molecular weight excluding hydrogens is 281 g/mol. The lowest BCUT2D eigenvalue weighted by atomic mass is 10.0. The Morgan fingerprint density at radius 1 is 1.32 bits per heavy atom. The van der Waals surface area contributed by atoms with Crippen molar-refractivity contribution in [1.82, 2.24) is 0 Å². The van der Waals surface area contributed by atoms with E-state index in [-0.39, 0.29) is 11.1 Å². The van der Waals surface area contributed by atoms with Crippen LogP contribution in [0.3, 0.4) is 0 Å². The zero-order valence-electron chi connectivity index (χ0n) is 12.0. The molecule has 2 aromatic rings. The molecule has 1 heterocycles. The average Bonchev–Trinajstić information content (AvgIpc) is 3.07. The molecule has 1 fully saturated rings. The summed E-state index contributed by atoms with van der Waals surface area (Å²) in [5.74, 6) is 1.58. The van der Waals surface area contributed by atoms with Crippen LogP contribution in [-0.4, -0.2) is 5.78 Å². The van der Waals surface area contributed by atoms with Gasteiger partial charge in [-0.15, -0.1) is 0 Å². The molecule has 0 spiro atoms. The van der Waals surface area contributed by atoms with Gasteiger partial charge >= 0.3 is 0 Å². The van der Waals surface area contributed by atoms with E-state index in [2.05, 4.69) is 6.92 Å². The van der Waals surface area contributed by atoms with E-state index in [0.717, 1.165) is 12.2 Å². The third-order valence-electron chi connectivity index (χ3n) is 3.88. The molecule has 3 nitrogen and oxygen atoms in total. The second kappa shape index (κ2) is 5.61. The van der Waals surface area contributed by atoms with Crippen LogP contribution in [0, 0.1) is 23.1 Å². The number of hydrogen-bond acceptors (Lipinski definition) is 3. The number of benzene rings is 1. The molecule has 3 rings (SSSR count). The van der Waals surface area contributed by atoms with Crippen molar-refractivity contribution in [2.24, 2.45) is 5.92 Å². The van der Waals surface area contributed by atoms with Gasteiger partial charge in [0.2, 0.25) is 5.78 Å². The number of nitriles is 1. The molecule has 2 atom stereocenters. The van der Waals surface area contributed by atoms with Crippen LogP contribution in [0.2, 0.25) is 0 Å². The summed E-state index contributed by atoms with van der Waals surface area (Å²) in [5, 5.41) is 9.19. The van der Waals surface area contributed by atoms with Gasteiger partial charge < -0.3 is 4.42 Å². The number of carbonyl (C=O) groups excluding carboxylic acids is 1. The van der Waals surface area contributed by atoms with E-state index in [1.165, 1.54) is 30.3 Å². The first-order valence-electron chi connectivity index (χ1n) is 7.10. The Balaban J connectivity index is 1.84. The van der Waals surface area contributed by atoms with Crippen molar-refractivity contribution in [2.45, 2.75) is 19.3 Å². The summed E-state index contributed by atoms with van der Waals surface area (Å²) < 4.78 is 18.6. The Morgan fingerprint density at radius 3 is 2.59 bits per heavy atom. The normalized spacial score (nSPS) is 20.5. The molecule has 1 saturated carbocycles. The fourth-order valence-electron chi connectivity index (χ4n) is 2.41. The van der Waals surface area contributed by atoms with Crippen LogP contribution < -0.4 is 0 Å². The highest BCUT2D eigenvalue weighted by atomic mass is 19.1. The second-order valence-corrected chi connectivity index (χ2v) is 5.57. The first-order valence-corrected chi connectivity index (χ1v) is 7.10. The van der Waals surface area contributed by atoms with Crippen LogP contribution in [0.1, 0.15) is 41.1 Å². The number of nitrogens with zero attached hydrogens (tertiary/aromatic N) is 1. The summed E-state index contributed by atoms with van der Waals surface area (Å²) in [6.07, 6.45) is 2.54. The number of Topliss-reactive ketones (excluding diaryl/α,β-unsaturated/α-hetero) is 1. The molecule has 0 radical (unpaired) electrons. The molecule has 1 aliphatic carbocycles. The predicted molar refractivity (Wildman–Crippen MR) is 79.6 cm³/mol. The topological polar surface area (TPSA) is 54.0 Å². The molecular formula is C18H14FNO2. The Kier molecular flexibility index (Phi) is 3.64. The third kappa shape index (κ3) is 2.84. The van der Waals surface area contributed by atoms with Gasteiger partial charge in [0.15, 0.2) is 0 Å². The maximum atomic E-state index is 12.9. The lowest BCUT2D eigenvalue weighted by Crippen LogP contribution is -2.01. The smallest absolute Gasteiger partial charge is 0.203 e. The van der Waals surface area contributed by atoms with Crippen LogP contribution in [0.5, 0.6) is 0 Å². The molecule has 110 valence electrons. The van der Waals surface area contributed by atoms with Gasteiger partial charge in [-0.2, -0.15) is 5.26 Å². The van der Waals surface area contributed by atoms with Crippen LogP contribution in [-0.2, 0) is 0 Å². The quantitative estimate of drug-likeness (QED) is 0.479. The highest BCUT2D eigenvalue weighted by Gasteiger charge is 2.36. The molecule has 0 saturated heterocycles. The molecule has 1 aromatic heterocycles. The van der Waals surface area contributed by atoms with Crippen molar-refractivity contribution in [1.29, 1.82) is 5.26 Å². The number of hydrogen-bond donors (Lipinski definition) is 0. The number of carbonyl (C=O) groups is 1. The van der Waals surface area contributed by atoms with Crippen molar-refractivity contribution in [3.05, 3.63) is 64.9 Å². The fraction of sp³-hybridized carbons (Fsp3) is 0.222. The number of ketones is 1. The standard InChI is InChI=1S/C18H14FNO2/c1-11-8-16(11)17-7-6-15(22-17)9-13(10-20)18(21)12-2-4-14(19)5-3-12/h2-7,9,11,16H,8H2,1H3/b13-9+/t11-,16+/m1/s1. The Hall–Kier alpha value is -2.67. The summed E-state index contributed by atoms with van der Waals surface area (Å²) in [5.41, 5.74) is 0.244. The van der Waals surface area contributed by atoms with Gasteiger partial charge in [0.1, 0.15) is 29.0 Å². The van der Waals surface area contributed by atoms with Crippen molar-refractivity contribution < 1.29 is 13.6 Å². The molecule has 0 bridgehead atoms. The van der Waals surface area contributed by atoms with Crippen LogP contribution in [0.25, 0.3) is 6.08 Å². The number of rotatable bonds is 4. The molecule has 22 heavy (non-hydrogen) atoms. The van der Waals surface area contributed by atoms with E-state index in [4.69, 9.17) is 4.42 Å². The van der Waals surface area contributed by atoms with E-state index < -0.39 is 11.6 Å². The summed E-state index contributed by atoms with van der Waals surface area (Å²) >= 11 is 0. The monoisotopic (exact) mass is 295 g/mol. The molecule has 0 N–H and O–H groups in total. The Morgan fingerprint density at radius 2 is 2.00 bits per heavy atom. The average molecular weight is 295 g/mol. The fourth-order valence-corrected chi connectivity index (χ4v) is 2.41. The SMILES string of the molecule is C[C@@H]1C[C@@H]1c1ccc(/C=C(\C#N)C(=O)c2ccc(F)cc2)o1. The maximum absolute atomic E-state index is 12.9. The lowest BCUT2D eigenvalue weighted by Gasteiger charge is -1.99. The van der Waals surface area contributed by atoms with E-state index in [1.54, 1.807) is 6.07 Å². The summed E-state index contributed by atoms with van der Waals surface area (Å²) in [6.45, 7) is 2.15. The summed E-state index contributed by atoms with van der Waals surface area (Å²) in [4.78, 5) is 12.2. The van der Waals surface area contributed by atoms with E-state index in [0.29, 0.717) is 17.6 Å². The van der Waals surface area contributed by atoms with Crippen LogP contribution in [0.15, 0.2) is 46.4 Å². The zero-order chi connectivity index (χ0) is 15.7. The van der Waals surface area contributed by atoms with Crippen molar-refractivity contribution >= 4 is 11.9 Å². The van der Waals surface area contributed by atoms with Gasteiger partial charge in [-0.05, 0) is 48.7 Å². The summed E-state index contributed by atoms with van der Waals surface area (Å²) in [7, 11) is 0. The van der Waals surface area contributed by atoms with Gasteiger partial charge in [-0.1, -0.05) is 6.92 Å². The largest absolute Gasteiger partial charge is 0.461 e. The molecule has 4 heteroatoms. The van der Waals surface area contributed by atoms with E-state index in [1.807, 2.05) is 12.1 Å². The molecule has 0 aliphatic heterocycles. The minimum absolute atomic E-state index is 0.0312. The van der Waals surface area contributed by atoms with Crippen LogP contribution >= 0.6 is 0 Å². The maximum Gasteiger partial charge on any atom is 0.203 e. The predicted octanol–water partition coefficient (Wildman–Crippen LogP) is 4.33. The van der Waals surface area contributed by atoms with Gasteiger partial charge in [0, 0.05) is 17.6 Å². The Labute approximate surface area is 127 Å². The molecule has 1 aliphatic rings. The first-order chi connectivity index (χ1) is 10.6. The van der Waals surface area contributed by atoms with Crippen molar-refractivity contribution in [2.75, 3.05) is 0 Å². The highest BCUT2D eigenvalue weighted by Crippen LogP contribution is 2.47. The van der Waals surface area contributed by atoms with Gasteiger partial charge in [-0.25, -0.2) is 4.39 Å². The van der Waals surface area contributed by atoms with E-state index in [9.17, 15) is 14.4 Å². The number of halogens is 1. The summed E-state index contributed by atoms with van der Waals surface area (Å²) in [6, 6.07) is 10.6. The van der Waals surface area contributed by atoms with Crippen molar-refractivity contribution in [3.63, 3.8) is 0 Å². The number of furan rings is 1. The number of allylic oxidation sites excluding steroid dienone is 1. The third-order valence-corrected chi connectivity index (χ3v) is 3.88. The second-order valence-electron chi connectivity index (χ2n) is 5.57. The zero-order valence-corrected chi connectivity index (χ0v) is 12.0. The van der Waals surface area contributed by atoms with Gasteiger partial charge in [-0.3, -0.25) is 4.79 Å².